The molecule has 2 amide bonds. The number of hydrogen-bond donors (Lipinski definition) is 4. The number of nitrogens with one attached hydrogen (secondary N) is 3. The van der Waals surface area contributed by atoms with Crippen LogP contribution in [0.5, 0.6) is 5.75 Å². The van der Waals surface area contributed by atoms with Crippen molar-refractivity contribution in [1.29, 1.82) is 0 Å². The fourth-order valence-electron chi connectivity index (χ4n) is 2.63. The van der Waals surface area contributed by atoms with E-state index in [1.807, 2.05) is 27.7 Å². The molecule has 1 rings (SSSR count). The van der Waals surface area contributed by atoms with Crippen molar-refractivity contribution in [3.8, 4) is 5.75 Å². The zero-order valence-corrected chi connectivity index (χ0v) is 18.4. The van der Waals surface area contributed by atoms with Crippen LogP contribution in [0.25, 0.3) is 0 Å². The lowest BCUT2D eigenvalue weighted by molar-refractivity contribution is -0.142. The standard InChI is InChI=1S/C21H34N4O5/c1-13(2)20(24-14(3)4)21(28)23-11-19(27)25-17-7-6-16(12-30-15(5)26)10-18(17)29-9-8-22/h6-7,10,13-14,20,24H,8-9,11-12,22H2,1-5H3,(H,23,28)(H,25,27). The van der Waals surface area contributed by atoms with Crippen LogP contribution < -0.4 is 26.4 Å². The summed E-state index contributed by atoms with van der Waals surface area (Å²) < 4.78 is 10.6. The van der Waals surface area contributed by atoms with Crippen LogP contribution in [0.3, 0.4) is 0 Å². The maximum atomic E-state index is 12.4. The number of amides is 2. The Hall–Kier alpha value is -2.65. The summed E-state index contributed by atoms with van der Waals surface area (Å²) in [4.78, 5) is 35.8. The molecule has 0 bridgehead atoms. The lowest BCUT2D eigenvalue weighted by atomic mass is 10.0. The average Bonchev–Trinajstić information content (AvgIpc) is 2.67. The number of nitrogens with two attached hydrogens (primary N) is 1. The first-order chi connectivity index (χ1) is 14.1. The van der Waals surface area contributed by atoms with Gasteiger partial charge in [0.05, 0.1) is 18.3 Å². The van der Waals surface area contributed by atoms with E-state index in [2.05, 4.69) is 16.0 Å². The van der Waals surface area contributed by atoms with Crippen molar-refractivity contribution < 1.29 is 23.9 Å². The maximum Gasteiger partial charge on any atom is 0.302 e. The molecule has 0 fully saturated rings. The Morgan fingerprint density at radius 3 is 2.40 bits per heavy atom. The quantitative estimate of drug-likeness (QED) is 0.372. The second-order valence-corrected chi connectivity index (χ2v) is 7.56. The van der Waals surface area contributed by atoms with E-state index in [9.17, 15) is 14.4 Å². The van der Waals surface area contributed by atoms with Crippen molar-refractivity contribution in [2.24, 2.45) is 11.7 Å². The second kappa shape index (κ2) is 12.8. The van der Waals surface area contributed by atoms with Gasteiger partial charge < -0.3 is 31.2 Å². The van der Waals surface area contributed by atoms with Crippen LogP contribution in [0.1, 0.15) is 40.2 Å². The molecule has 1 aromatic rings. The molecule has 0 spiro atoms. The first-order valence-electron chi connectivity index (χ1n) is 10.1. The molecule has 0 saturated heterocycles. The van der Waals surface area contributed by atoms with E-state index in [0.29, 0.717) is 23.5 Å². The molecule has 5 N–H and O–H groups in total. The number of hydrogen-bond acceptors (Lipinski definition) is 7. The highest BCUT2D eigenvalue weighted by Crippen LogP contribution is 2.26. The molecule has 1 aromatic carbocycles. The first-order valence-corrected chi connectivity index (χ1v) is 10.1. The SMILES string of the molecule is CC(=O)OCc1ccc(NC(=O)CNC(=O)C(NC(C)C)C(C)C)c(OCCN)c1. The maximum absolute atomic E-state index is 12.4. The molecule has 9 nitrogen and oxygen atoms in total. The Kier molecular flexibility index (Phi) is 10.8. The lowest BCUT2D eigenvalue weighted by Gasteiger charge is -2.23. The Balaban J connectivity index is 2.76. The first kappa shape index (κ1) is 25.4. The van der Waals surface area contributed by atoms with E-state index >= 15 is 0 Å². The molecule has 0 aliphatic rings. The second-order valence-electron chi connectivity index (χ2n) is 7.56. The van der Waals surface area contributed by atoms with Gasteiger partial charge in [0.15, 0.2) is 0 Å². The Morgan fingerprint density at radius 1 is 1.13 bits per heavy atom. The minimum Gasteiger partial charge on any atom is -0.490 e. The summed E-state index contributed by atoms with van der Waals surface area (Å²) in [7, 11) is 0. The van der Waals surface area contributed by atoms with Gasteiger partial charge in [-0.3, -0.25) is 14.4 Å². The van der Waals surface area contributed by atoms with Crippen LogP contribution in [0.4, 0.5) is 5.69 Å². The number of benzene rings is 1. The summed E-state index contributed by atoms with van der Waals surface area (Å²) in [5, 5.41) is 8.59. The highest BCUT2D eigenvalue weighted by atomic mass is 16.5. The molecule has 0 saturated carbocycles. The molecule has 0 aliphatic heterocycles. The molecular formula is C21H34N4O5. The summed E-state index contributed by atoms with van der Waals surface area (Å²) in [6.07, 6.45) is 0. The van der Waals surface area contributed by atoms with Crippen molar-refractivity contribution in [2.45, 2.75) is 53.3 Å². The molecule has 0 heterocycles. The molecule has 30 heavy (non-hydrogen) atoms. The minimum atomic E-state index is -0.390. The van der Waals surface area contributed by atoms with E-state index in [0.717, 1.165) is 0 Å². The number of carbonyl (C=O) groups is 3. The molecule has 0 aromatic heterocycles. The smallest absolute Gasteiger partial charge is 0.302 e. The predicted octanol–water partition coefficient (Wildman–Crippen LogP) is 1.16. The van der Waals surface area contributed by atoms with Crippen LogP contribution in [0.15, 0.2) is 18.2 Å². The lowest BCUT2D eigenvalue weighted by Crippen LogP contribution is -2.51. The van der Waals surface area contributed by atoms with Crippen molar-refractivity contribution in [2.75, 3.05) is 25.0 Å². The van der Waals surface area contributed by atoms with Gasteiger partial charge in [0, 0.05) is 19.5 Å². The highest BCUT2D eigenvalue weighted by molar-refractivity contribution is 5.96. The van der Waals surface area contributed by atoms with Gasteiger partial charge in [-0.05, 0) is 23.6 Å². The van der Waals surface area contributed by atoms with Crippen LogP contribution in [0, 0.1) is 5.92 Å². The number of carbonyl (C=O) groups excluding carboxylic acids is 3. The summed E-state index contributed by atoms with van der Waals surface area (Å²) >= 11 is 0. The van der Waals surface area contributed by atoms with E-state index in [-0.39, 0.29) is 55.5 Å². The summed E-state index contributed by atoms with van der Waals surface area (Å²) in [5.41, 5.74) is 6.65. The summed E-state index contributed by atoms with van der Waals surface area (Å²) in [5.74, 6) is -0.520. The molecular weight excluding hydrogens is 388 g/mol. The van der Waals surface area contributed by atoms with Gasteiger partial charge in [-0.25, -0.2) is 0 Å². The van der Waals surface area contributed by atoms with Gasteiger partial charge in [-0.1, -0.05) is 33.8 Å². The minimum absolute atomic E-state index is 0.0801. The third kappa shape index (κ3) is 9.23. The zero-order chi connectivity index (χ0) is 22.7. The van der Waals surface area contributed by atoms with Gasteiger partial charge in [-0.15, -0.1) is 0 Å². The van der Waals surface area contributed by atoms with E-state index < -0.39 is 0 Å². The molecule has 0 radical (unpaired) electrons. The largest absolute Gasteiger partial charge is 0.490 e. The van der Waals surface area contributed by atoms with Crippen molar-refractivity contribution in [1.82, 2.24) is 10.6 Å². The predicted molar refractivity (Wildman–Crippen MR) is 115 cm³/mol. The van der Waals surface area contributed by atoms with Gasteiger partial charge in [0.1, 0.15) is 19.0 Å². The normalized spacial score (nSPS) is 11.9. The molecule has 1 atom stereocenters. The van der Waals surface area contributed by atoms with E-state index in [1.54, 1.807) is 18.2 Å². The molecule has 168 valence electrons. The molecule has 9 heteroatoms. The van der Waals surface area contributed by atoms with E-state index in [4.69, 9.17) is 15.2 Å². The summed E-state index contributed by atoms with van der Waals surface area (Å²) in [6, 6.07) is 4.80. The average molecular weight is 423 g/mol. The van der Waals surface area contributed by atoms with Crippen molar-refractivity contribution in [3.05, 3.63) is 23.8 Å². The van der Waals surface area contributed by atoms with Crippen molar-refractivity contribution in [3.63, 3.8) is 0 Å². The van der Waals surface area contributed by atoms with Gasteiger partial charge >= 0.3 is 5.97 Å². The van der Waals surface area contributed by atoms with Gasteiger partial charge in [0.25, 0.3) is 0 Å². The number of esters is 1. The van der Waals surface area contributed by atoms with Gasteiger partial charge in [0.2, 0.25) is 11.8 Å². The van der Waals surface area contributed by atoms with Crippen LogP contribution in [-0.2, 0) is 25.7 Å². The van der Waals surface area contributed by atoms with E-state index in [1.165, 1.54) is 6.92 Å². The fourth-order valence-corrected chi connectivity index (χ4v) is 2.63. The third-order valence-corrected chi connectivity index (χ3v) is 4.02. The third-order valence-electron chi connectivity index (χ3n) is 4.02. The van der Waals surface area contributed by atoms with Crippen LogP contribution >= 0.6 is 0 Å². The summed E-state index contributed by atoms with van der Waals surface area (Å²) in [6.45, 7) is 9.62. The zero-order valence-electron chi connectivity index (χ0n) is 18.4. The topological polar surface area (TPSA) is 132 Å². The number of anilines is 1. The Bertz CT molecular complexity index is 721. The molecule has 1 unspecified atom stereocenters. The van der Waals surface area contributed by atoms with Crippen molar-refractivity contribution >= 4 is 23.5 Å². The number of ether oxygens (including phenoxy) is 2. The molecule has 0 aliphatic carbocycles. The number of rotatable bonds is 12. The van der Waals surface area contributed by atoms with Crippen LogP contribution in [-0.4, -0.2) is 49.6 Å². The van der Waals surface area contributed by atoms with Crippen LogP contribution in [0.2, 0.25) is 0 Å². The Morgan fingerprint density at radius 2 is 1.83 bits per heavy atom. The highest BCUT2D eigenvalue weighted by Gasteiger charge is 2.23. The van der Waals surface area contributed by atoms with Gasteiger partial charge in [-0.2, -0.15) is 0 Å². The Labute approximate surface area is 178 Å². The fraction of sp³-hybridized carbons (Fsp3) is 0.571. The monoisotopic (exact) mass is 422 g/mol.